The molecule has 4 nitrogen and oxygen atoms in total. The van der Waals surface area contributed by atoms with E-state index in [1.165, 1.54) is 11.1 Å². The summed E-state index contributed by atoms with van der Waals surface area (Å²) in [4.78, 5) is 0. The molecule has 0 bridgehead atoms. The topological polar surface area (TPSA) is 42.7 Å². The van der Waals surface area contributed by atoms with Crippen molar-refractivity contribution in [3.63, 3.8) is 0 Å². The maximum Gasteiger partial charge on any atom is 0.132 e. The molecule has 0 spiro atoms. The van der Waals surface area contributed by atoms with E-state index in [1.54, 1.807) is 0 Å². The highest BCUT2D eigenvalue weighted by atomic mass is 35.5. The minimum absolute atomic E-state index is 0.448. The number of aryl methyl sites for hydroxylation is 2. The Hall–Kier alpha value is -1.39. The molecule has 5 heteroatoms. The standard InChI is InChI=1S/C15H19ClN4/c1-2-15-19-18-10-20(15)8-7-17-14-6-3-11-9-12(16)4-5-13(11)14/h4-5,9-10,14,17H,2-3,6-8H2,1H3/t14-/m1/s1. The van der Waals surface area contributed by atoms with Crippen LogP contribution < -0.4 is 5.32 Å². The van der Waals surface area contributed by atoms with Gasteiger partial charge >= 0.3 is 0 Å². The summed E-state index contributed by atoms with van der Waals surface area (Å²) in [6.45, 7) is 3.94. The number of hydrogen-bond acceptors (Lipinski definition) is 3. The maximum atomic E-state index is 6.04. The maximum absolute atomic E-state index is 6.04. The summed E-state index contributed by atoms with van der Waals surface area (Å²) in [5.74, 6) is 1.05. The van der Waals surface area contributed by atoms with Gasteiger partial charge in [-0.05, 0) is 36.1 Å². The first-order valence-electron chi connectivity index (χ1n) is 7.16. The number of benzene rings is 1. The number of nitrogens with zero attached hydrogens (tertiary/aromatic N) is 3. The summed E-state index contributed by atoms with van der Waals surface area (Å²) in [5, 5.41) is 12.5. The second-order valence-electron chi connectivity index (χ2n) is 5.18. The zero-order valence-corrected chi connectivity index (χ0v) is 12.4. The van der Waals surface area contributed by atoms with Crippen molar-refractivity contribution in [2.75, 3.05) is 6.54 Å². The Morgan fingerprint density at radius 2 is 2.35 bits per heavy atom. The third-order valence-electron chi connectivity index (χ3n) is 3.94. The molecule has 0 amide bonds. The van der Waals surface area contributed by atoms with Gasteiger partial charge in [0.15, 0.2) is 0 Å². The van der Waals surface area contributed by atoms with Gasteiger partial charge in [0.25, 0.3) is 0 Å². The predicted molar refractivity (Wildman–Crippen MR) is 79.9 cm³/mol. The Bertz CT molecular complexity index is 593. The molecule has 2 aromatic rings. The first kappa shape index (κ1) is 13.6. The Morgan fingerprint density at radius 1 is 1.45 bits per heavy atom. The lowest BCUT2D eigenvalue weighted by atomic mass is 10.1. The molecule has 0 aliphatic heterocycles. The van der Waals surface area contributed by atoms with Crippen molar-refractivity contribution in [2.24, 2.45) is 0 Å². The van der Waals surface area contributed by atoms with Gasteiger partial charge in [-0.25, -0.2) is 0 Å². The van der Waals surface area contributed by atoms with Gasteiger partial charge in [0.2, 0.25) is 0 Å². The van der Waals surface area contributed by atoms with Crippen LogP contribution in [0.5, 0.6) is 0 Å². The van der Waals surface area contributed by atoms with Crippen LogP contribution in [-0.4, -0.2) is 21.3 Å². The average Bonchev–Trinajstić information content (AvgIpc) is 3.05. The van der Waals surface area contributed by atoms with Crippen LogP contribution in [0.4, 0.5) is 0 Å². The molecule has 0 radical (unpaired) electrons. The lowest BCUT2D eigenvalue weighted by molar-refractivity contribution is 0.495. The lowest BCUT2D eigenvalue weighted by Crippen LogP contribution is -2.24. The molecule has 1 aromatic heterocycles. The summed E-state index contributed by atoms with van der Waals surface area (Å²) >= 11 is 6.04. The highest BCUT2D eigenvalue weighted by molar-refractivity contribution is 6.30. The molecule has 1 heterocycles. The molecule has 20 heavy (non-hydrogen) atoms. The highest BCUT2D eigenvalue weighted by Gasteiger charge is 2.21. The second kappa shape index (κ2) is 5.94. The molecule has 0 unspecified atom stereocenters. The molecule has 0 fully saturated rings. The van der Waals surface area contributed by atoms with E-state index in [-0.39, 0.29) is 0 Å². The Kier molecular flexibility index (Phi) is 4.03. The van der Waals surface area contributed by atoms with E-state index >= 15 is 0 Å². The van der Waals surface area contributed by atoms with E-state index < -0.39 is 0 Å². The molecule has 0 saturated carbocycles. The number of aromatic nitrogens is 3. The molecule has 1 atom stereocenters. The highest BCUT2D eigenvalue weighted by Crippen LogP contribution is 2.32. The SMILES string of the molecule is CCc1nncn1CCN[C@@H]1CCc2cc(Cl)ccc21. The van der Waals surface area contributed by atoms with Crippen molar-refractivity contribution >= 4 is 11.6 Å². The molecule has 1 aromatic carbocycles. The average molecular weight is 291 g/mol. The van der Waals surface area contributed by atoms with E-state index in [0.717, 1.165) is 43.2 Å². The van der Waals surface area contributed by atoms with E-state index in [2.05, 4.69) is 39.1 Å². The minimum atomic E-state index is 0.448. The lowest BCUT2D eigenvalue weighted by Gasteiger charge is -2.14. The van der Waals surface area contributed by atoms with Crippen LogP contribution in [0.1, 0.15) is 36.3 Å². The fraction of sp³-hybridized carbons (Fsp3) is 0.467. The first-order chi connectivity index (χ1) is 9.78. The minimum Gasteiger partial charge on any atom is -0.316 e. The molecule has 1 N–H and O–H groups in total. The molecular weight excluding hydrogens is 272 g/mol. The Labute approximate surface area is 124 Å². The van der Waals surface area contributed by atoms with Crippen LogP contribution in [0.3, 0.4) is 0 Å². The monoisotopic (exact) mass is 290 g/mol. The third-order valence-corrected chi connectivity index (χ3v) is 4.17. The molecule has 3 rings (SSSR count). The molecule has 106 valence electrons. The summed E-state index contributed by atoms with van der Waals surface area (Å²) < 4.78 is 2.12. The van der Waals surface area contributed by atoms with E-state index in [9.17, 15) is 0 Å². The number of fused-ring (bicyclic) bond motifs is 1. The van der Waals surface area contributed by atoms with Crippen LogP contribution in [-0.2, 0) is 19.4 Å². The Balaban J connectivity index is 1.58. The van der Waals surface area contributed by atoms with Crippen LogP contribution in [0.2, 0.25) is 5.02 Å². The van der Waals surface area contributed by atoms with Crippen LogP contribution in [0, 0.1) is 0 Å². The summed E-state index contributed by atoms with van der Waals surface area (Å²) in [7, 11) is 0. The van der Waals surface area contributed by atoms with Crippen LogP contribution in [0.25, 0.3) is 0 Å². The van der Waals surface area contributed by atoms with Gasteiger partial charge < -0.3 is 9.88 Å². The van der Waals surface area contributed by atoms with Crippen molar-refractivity contribution in [1.82, 2.24) is 20.1 Å². The van der Waals surface area contributed by atoms with Crippen LogP contribution >= 0.6 is 11.6 Å². The molecule has 0 saturated heterocycles. The zero-order chi connectivity index (χ0) is 13.9. The number of rotatable bonds is 5. The smallest absolute Gasteiger partial charge is 0.132 e. The molecule has 1 aliphatic carbocycles. The van der Waals surface area contributed by atoms with Gasteiger partial charge in [-0.1, -0.05) is 24.6 Å². The van der Waals surface area contributed by atoms with Gasteiger partial charge in [-0.3, -0.25) is 0 Å². The summed E-state index contributed by atoms with van der Waals surface area (Å²) in [6, 6.07) is 6.67. The van der Waals surface area contributed by atoms with E-state index in [4.69, 9.17) is 11.6 Å². The van der Waals surface area contributed by atoms with Gasteiger partial charge in [-0.2, -0.15) is 0 Å². The largest absolute Gasteiger partial charge is 0.316 e. The number of hydrogen-bond donors (Lipinski definition) is 1. The fourth-order valence-corrected chi connectivity index (χ4v) is 3.09. The van der Waals surface area contributed by atoms with Gasteiger partial charge in [0.05, 0.1) is 0 Å². The molecular formula is C15H19ClN4. The summed E-state index contributed by atoms with van der Waals surface area (Å²) in [5.41, 5.74) is 2.78. The summed E-state index contributed by atoms with van der Waals surface area (Å²) in [6.07, 6.45) is 4.99. The zero-order valence-electron chi connectivity index (χ0n) is 11.6. The van der Waals surface area contributed by atoms with Crippen LogP contribution in [0.15, 0.2) is 24.5 Å². The van der Waals surface area contributed by atoms with Crippen molar-refractivity contribution in [2.45, 2.75) is 38.8 Å². The van der Waals surface area contributed by atoms with E-state index in [1.807, 2.05) is 12.4 Å². The quantitative estimate of drug-likeness (QED) is 0.921. The normalized spacial score (nSPS) is 17.4. The number of nitrogens with one attached hydrogen (secondary N) is 1. The van der Waals surface area contributed by atoms with Gasteiger partial charge in [-0.15, -0.1) is 10.2 Å². The third kappa shape index (κ3) is 2.72. The first-order valence-corrected chi connectivity index (χ1v) is 7.54. The second-order valence-corrected chi connectivity index (χ2v) is 5.62. The van der Waals surface area contributed by atoms with Crippen molar-refractivity contribution in [1.29, 1.82) is 0 Å². The molecule has 1 aliphatic rings. The Morgan fingerprint density at radius 3 is 3.20 bits per heavy atom. The van der Waals surface area contributed by atoms with E-state index in [0.29, 0.717) is 6.04 Å². The number of halogens is 1. The van der Waals surface area contributed by atoms with Crippen molar-refractivity contribution in [3.8, 4) is 0 Å². The van der Waals surface area contributed by atoms with Gasteiger partial charge in [0.1, 0.15) is 12.2 Å². The predicted octanol–water partition coefficient (Wildman–Crippen LogP) is 2.77. The fourth-order valence-electron chi connectivity index (χ4n) is 2.90. The van der Waals surface area contributed by atoms with Crippen molar-refractivity contribution in [3.05, 3.63) is 46.5 Å². The van der Waals surface area contributed by atoms with Gasteiger partial charge in [0, 0.05) is 30.6 Å². The van der Waals surface area contributed by atoms with Crippen molar-refractivity contribution < 1.29 is 0 Å².